The van der Waals surface area contributed by atoms with Gasteiger partial charge in [0.25, 0.3) is 5.91 Å². The van der Waals surface area contributed by atoms with Gasteiger partial charge in [-0.3, -0.25) is 9.59 Å². The maximum absolute atomic E-state index is 12.0. The van der Waals surface area contributed by atoms with E-state index < -0.39 is 23.7 Å². The highest BCUT2D eigenvalue weighted by Gasteiger charge is 2.36. The Morgan fingerprint density at radius 3 is 2.58 bits per heavy atom. The first-order valence-corrected chi connectivity index (χ1v) is 6.93. The average Bonchev–Trinajstić information content (AvgIpc) is 2.88. The number of Topliss-reactive ketones (excluding diaryl/α,β-unsaturated/α-hetero) is 1. The Kier molecular flexibility index (Phi) is 4.21. The lowest BCUT2D eigenvalue weighted by molar-refractivity contribution is -0.151. The normalized spacial score (nSPS) is 18.3. The number of carboxylic acids is 1. The predicted octanol–water partition coefficient (Wildman–Crippen LogP) is 0.784. The number of aliphatic carboxylic acids is 1. The molecule has 1 aliphatic rings. The van der Waals surface area contributed by atoms with Gasteiger partial charge in [0.1, 0.15) is 6.04 Å². The van der Waals surface area contributed by atoms with Gasteiger partial charge >= 0.3 is 5.97 Å². The van der Waals surface area contributed by atoms with Crippen LogP contribution in [0.15, 0.2) is 30.3 Å². The number of hydrogen-bond donors (Lipinski definition) is 1. The van der Waals surface area contributed by atoms with Crippen LogP contribution >= 0.6 is 11.8 Å². The fraction of sp³-hybridized carbons (Fsp3) is 0.308. The molecule has 0 saturated carbocycles. The summed E-state index contributed by atoms with van der Waals surface area (Å²) in [6, 6.07) is 8.04. The predicted molar refractivity (Wildman–Crippen MR) is 70.7 cm³/mol. The summed E-state index contributed by atoms with van der Waals surface area (Å²) in [4.78, 5) is 36.0. The quantitative estimate of drug-likeness (QED) is 0.825. The van der Waals surface area contributed by atoms with Gasteiger partial charge in [0.15, 0.2) is 0 Å². The second kappa shape index (κ2) is 5.88. The van der Waals surface area contributed by atoms with Gasteiger partial charge in [0.05, 0.1) is 5.88 Å². The molecule has 0 bridgehead atoms. The van der Waals surface area contributed by atoms with E-state index >= 15 is 0 Å². The molecule has 1 aliphatic heterocycles. The van der Waals surface area contributed by atoms with E-state index in [4.69, 9.17) is 5.11 Å². The molecule has 1 aromatic rings. The molecule has 6 heteroatoms. The average molecular weight is 279 g/mol. The van der Waals surface area contributed by atoms with Crippen LogP contribution in [0.4, 0.5) is 0 Å². The van der Waals surface area contributed by atoms with Gasteiger partial charge in [-0.25, -0.2) is 4.79 Å². The van der Waals surface area contributed by atoms with Gasteiger partial charge in [0, 0.05) is 12.2 Å². The van der Waals surface area contributed by atoms with Gasteiger partial charge in [-0.2, -0.15) is 0 Å². The maximum Gasteiger partial charge on any atom is 0.327 e. The minimum absolute atomic E-state index is 0.00712. The molecule has 1 heterocycles. The maximum atomic E-state index is 12.0. The molecular weight excluding hydrogens is 266 g/mol. The highest BCUT2D eigenvalue weighted by molar-refractivity contribution is 7.99. The van der Waals surface area contributed by atoms with E-state index in [9.17, 15) is 14.4 Å². The van der Waals surface area contributed by atoms with Gasteiger partial charge < -0.3 is 10.0 Å². The van der Waals surface area contributed by atoms with Crippen molar-refractivity contribution in [2.75, 3.05) is 11.6 Å². The first-order valence-electron chi connectivity index (χ1n) is 5.78. The molecule has 0 radical (unpaired) electrons. The van der Waals surface area contributed by atoms with Crippen molar-refractivity contribution >= 4 is 29.4 Å². The fourth-order valence-electron chi connectivity index (χ4n) is 1.86. The van der Waals surface area contributed by atoms with Crippen molar-refractivity contribution in [1.82, 2.24) is 4.90 Å². The van der Waals surface area contributed by atoms with Crippen LogP contribution in [0.1, 0.15) is 5.56 Å². The molecule has 0 aliphatic carbocycles. The molecule has 5 nitrogen and oxygen atoms in total. The summed E-state index contributed by atoms with van der Waals surface area (Å²) in [7, 11) is 0. The number of rotatable bonds is 4. The second-order valence-electron chi connectivity index (χ2n) is 4.21. The molecule has 1 N–H and O–H groups in total. The van der Waals surface area contributed by atoms with E-state index in [1.165, 1.54) is 11.8 Å². The van der Waals surface area contributed by atoms with Crippen LogP contribution < -0.4 is 0 Å². The van der Waals surface area contributed by atoms with Crippen LogP contribution in [0.2, 0.25) is 0 Å². The third-order valence-corrected chi connectivity index (χ3v) is 3.89. The van der Waals surface area contributed by atoms with E-state index in [0.717, 1.165) is 10.5 Å². The Labute approximate surface area is 114 Å². The van der Waals surface area contributed by atoms with E-state index in [0.29, 0.717) is 5.75 Å². The molecule has 100 valence electrons. The van der Waals surface area contributed by atoms with Crippen LogP contribution in [-0.4, -0.2) is 45.3 Å². The van der Waals surface area contributed by atoms with Gasteiger partial charge in [0.2, 0.25) is 5.78 Å². The lowest BCUT2D eigenvalue weighted by atomic mass is 10.1. The van der Waals surface area contributed by atoms with Crippen LogP contribution in [0, 0.1) is 0 Å². The van der Waals surface area contributed by atoms with Crippen molar-refractivity contribution in [3.63, 3.8) is 0 Å². The van der Waals surface area contributed by atoms with Gasteiger partial charge in [-0.1, -0.05) is 30.3 Å². The Morgan fingerprint density at radius 2 is 1.95 bits per heavy atom. The summed E-state index contributed by atoms with van der Waals surface area (Å²) in [5.41, 5.74) is 0.750. The molecule has 2 rings (SSSR count). The van der Waals surface area contributed by atoms with E-state index in [-0.39, 0.29) is 12.3 Å². The molecule has 1 amide bonds. The first-order chi connectivity index (χ1) is 9.09. The zero-order valence-electron chi connectivity index (χ0n) is 10.1. The SMILES string of the molecule is O=C(Cc1ccccc1)C(=O)N1CSCC1C(=O)O. The molecule has 1 fully saturated rings. The number of thioether (sulfide) groups is 1. The molecule has 0 aromatic heterocycles. The number of carbonyl (C=O) groups excluding carboxylic acids is 2. The fourth-order valence-corrected chi connectivity index (χ4v) is 3.01. The third kappa shape index (κ3) is 3.14. The van der Waals surface area contributed by atoms with Crippen molar-refractivity contribution in [3.05, 3.63) is 35.9 Å². The Balaban J connectivity index is 2.03. The number of benzene rings is 1. The number of carboxylic acid groups (broad SMARTS) is 1. The van der Waals surface area contributed by atoms with Crippen LogP contribution in [0.3, 0.4) is 0 Å². The second-order valence-corrected chi connectivity index (χ2v) is 5.21. The zero-order valence-corrected chi connectivity index (χ0v) is 10.9. The van der Waals surface area contributed by atoms with Crippen molar-refractivity contribution < 1.29 is 19.5 Å². The molecular formula is C13H13NO4S. The van der Waals surface area contributed by atoms with Crippen molar-refractivity contribution in [2.45, 2.75) is 12.5 Å². The monoisotopic (exact) mass is 279 g/mol. The zero-order chi connectivity index (χ0) is 13.8. The highest BCUT2D eigenvalue weighted by Crippen LogP contribution is 2.21. The summed E-state index contributed by atoms with van der Waals surface area (Å²) in [6.45, 7) is 0. The lowest BCUT2D eigenvalue weighted by Crippen LogP contribution is -2.45. The summed E-state index contributed by atoms with van der Waals surface area (Å²) in [5, 5.41) is 8.99. The molecule has 1 atom stereocenters. The number of hydrogen-bond acceptors (Lipinski definition) is 4. The van der Waals surface area contributed by atoms with Gasteiger partial charge in [-0.05, 0) is 5.56 Å². The van der Waals surface area contributed by atoms with Crippen molar-refractivity contribution in [2.24, 2.45) is 0 Å². The Morgan fingerprint density at radius 1 is 1.26 bits per heavy atom. The van der Waals surface area contributed by atoms with Crippen molar-refractivity contribution in [3.8, 4) is 0 Å². The largest absolute Gasteiger partial charge is 0.480 e. The van der Waals surface area contributed by atoms with Crippen LogP contribution in [-0.2, 0) is 20.8 Å². The third-order valence-electron chi connectivity index (χ3n) is 2.87. The number of ketones is 1. The molecule has 0 spiro atoms. The van der Waals surface area contributed by atoms with Crippen LogP contribution in [0.25, 0.3) is 0 Å². The summed E-state index contributed by atoms with van der Waals surface area (Å²) in [5.74, 6) is -1.75. The topological polar surface area (TPSA) is 74.7 Å². The van der Waals surface area contributed by atoms with Gasteiger partial charge in [-0.15, -0.1) is 11.8 Å². The number of carbonyl (C=O) groups is 3. The minimum atomic E-state index is -1.06. The molecule has 1 saturated heterocycles. The summed E-state index contributed by atoms with van der Waals surface area (Å²) in [6.07, 6.45) is 0.00712. The standard InChI is InChI=1S/C13H13NO4S/c15-11(6-9-4-2-1-3-5-9)12(16)14-8-19-7-10(14)13(17)18/h1-5,10H,6-8H2,(H,17,18). The van der Waals surface area contributed by atoms with E-state index in [1.807, 2.05) is 6.07 Å². The lowest BCUT2D eigenvalue weighted by Gasteiger charge is -2.19. The minimum Gasteiger partial charge on any atom is -0.480 e. The smallest absolute Gasteiger partial charge is 0.327 e. The summed E-state index contributed by atoms with van der Waals surface area (Å²) < 4.78 is 0. The van der Waals surface area contributed by atoms with E-state index in [2.05, 4.69) is 0 Å². The van der Waals surface area contributed by atoms with Crippen LogP contribution in [0.5, 0.6) is 0 Å². The summed E-state index contributed by atoms with van der Waals surface area (Å²) >= 11 is 1.34. The number of amides is 1. The molecule has 19 heavy (non-hydrogen) atoms. The first kappa shape index (κ1) is 13.6. The Hall–Kier alpha value is -1.82. The van der Waals surface area contributed by atoms with E-state index in [1.54, 1.807) is 24.3 Å². The Bertz CT molecular complexity index is 503. The van der Waals surface area contributed by atoms with Crippen molar-refractivity contribution in [1.29, 1.82) is 0 Å². The molecule has 1 unspecified atom stereocenters. The highest BCUT2D eigenvalue weighted by atomic mass is 32.2. The number of nitrogens with zero attached hydrogens (tertiary/aromatic N) is 1. The molecule has 1 aromatic carbocycles.